The smallest absolute Gasteiger partial charge is 0.145 e. The zero-order valence-corrected chi connectivity index (χ0v) is 13.2. The maximum absolute atomic E-state index is 4.39. The summed E-state index contributed by atoms with van der Waals surface area (Å²) >= 11 is 0. The molecule has 94 valence electrons. The van der Waals surface area contributed by atoms with E-state index < -0.39 is 0 Å². The summed E-state index contributed by atoms with van der Waals surface area (Å²) in [6.45, 7) is 0. The van der Waals surface area contributed by atoms with Crippen molar-refractivity contribution in [3.63, 3.8) is 0 Å². The first kappa shape index (κ1) is 12.1. The van der Waals surface area contributed by atoms with E-state index >= 15 is 0 Å². The molecule has 0 N–H and O–H groups in total. The molecular formula is C17H16OSi. The van der Waals surface area contributed by atoms with Gasteiger partial charge in [-0.1, -0.05) is 60.7 Å². The lowest BCUT2D eigenvalue weighted by molar-refractivity contribution is 0.460. The molecular weight excluding hydrogens is 248 g/mol. The molecule has 4 aromatic rings. The summed E-state index contributed by atoms with van der Waals surface area (Å²) in [6, 6.07) is 21.9. The van der Waals surface area contributed by atoms with Crippen molar-refractivity contribution < 1.29 is 4.43 Å². The van der Waals surface area contributed by atoms with Crippen LogP contribution in [0.15, 0.2) is 60.7 Å². The molecule has 0 unspecified atom stereocenters. The average molecular weight is 264 g/mol. The minimum absolute atomic E-state index is 0.869. The van der Waals surface area contributed by atoms with E-state index in [0.717, 1.165) is 10.5 Å². The highest BCUT2D eigenvalue weighted by Crippen LogP contribution is 2.33. The van der Waals surface area contributed by atoms with E-state index in [-0.39, 0.29) is 0 Å². The van der Waals surface area contributed by atoms with Crippen LogP contribution in [0.4, 0.5) is 0 Å². The van der Waals surface area contributed by atoms with E-state index in [9.17, 15) is 0 Å². The lowest BCUT2D eigenvalue weighted by Gasteiger charge is -2.09. The maximum Gasteiger partial charge on any atom is 0.145 e. The van der Waals surface area contributed by atoms with Crippen LogP contribution in [-0.2, 0) is 4.43 Å². The van der Waals surface area contributed by atoms with E-state index in [1.807, 2.05) is 0 Å². The van der Waals surface area contributed by atoms with Gasteiger partial charge in [0.05, 0.1) is 0 Å². The molecule has 0 heterocycles. The van der Waals surface area contributed by atoms with Crippen LogP contribution < -0.4 is 0 Å². The fourth-order valence-electron chi connectivity index (χ4n) is 2.67. The van der Waals surface area contributed by atoms with Crippen molar-refractivity contribution in [3.8, 4) is 0 Å². The van der Waals surface area contributed by atoms with Crippen LogP contribution in [0.25, 0.3) is 32.3 Å². The molecule has 0 saturated carbocycles. The second-order valence-corrected chi connectivity index (χ2v) is 5.51. The summed E-state index contributed by atoms with van der Waals surface area (Å²) in [4.78, 5) is 0. The van der Waals surface area contributed by atoms with Crippen LogP contribution in [-0.4, -0.2) is 17.6 Å². The fraction of sp³-hybridized carbons (Fsp3) is 0.0588. The Morgan fingerprint density at radius 3 is 1.16 bits per heavy atom. The van der Waals surface area contributed by atoms with Gasteiger partial charge >= 0.3 is 0 Å². The van der Waals surface area contributed by atoms with Crippen molar-refractivity contribution in [1.29, 1.82) is 0 Å². The molecule has 0 radical (unpaired) electrons. The van der Waals surface area contributed by atoms with Crippen LogP contribution in [0.5, 0.6) is 0 Å². The van der Waals surface area contributed by atoms with Gasteiger partial charge in [-0.3, -0.25) is 0 Å². The molecule has 2 heteroatoms. The zero-order chi connectivity index (χ0) is 13.2. The Balaban J connectivity index is 0.000000339. The molecule has 4 aromatic carbocycles. The van der Waals surface area contributed by atoms with Gasteiger partial charge in [-0.25, -0.2) is 0 Å². The van der Waals surface area contributed by atoms with Crippen molar-refractivity contribution >= 4 is 42.8 Å². The predicted octanol–water partition coefficient (Wildman–Crippen LogP) is 3.50. The first-order valence-corrected chi connectivity index (χ1v) is 7.19. The zero-order valence-electron chi connectivity index (χ0n) is 11.2. The molecule has 0 aliphatic carbocycles. The first-order chi connectivity index (χ1) is 9.35. The highest BCUT2D eigenvalue weighted by molar-refractivity contribution is 6.22. The Morgan fingerprint density at radius 2 is 0.895 bits per heavy atom. The van der Waals surface area contributed by atoms with Gasteiger partial charge in [-0.05, 0) is 32.3 Å². The second kappa shape index (κ2) is 5.00. The van der Waals surface area contributed by atoms with Crippen LogP contribution in [0, 0.1) is 0 Å². The molecule has 0 spiro atoms. The lowest BCUT2D eigenvalue weighted by Crippen LogP contribution is -1.82. The summed E-state index contributed by atoms with van der Waals surface area (Å²) in [7, 11) is 2.56. The number of hydrogen-bond donors (Lipinski definition) is 0. The van der Waals surface area contributed by atoms with Gasteiger partial charge in [-0.2, -0.15) is 0 Å². The molecule has 0 amide bonds. The quantitative estimate of drug-likeness (QED) is 0.349. The molecule has 0 aliphatic rings. The first-order valence-electron chi connectivity index (χ1n) is 6.38. The molecule has 0 aromatic heterocycles. The van der Waals surface area contributed by atoms with Gasteiger partial charge in [0.25, 0.3) is 0 Å². The molecule has 0 bridgehead atoms. The molecule has 1 nitrogen and oxygen atoms in total. The molecule has 4 rings (SSSR count). The van der Waals surface area contributed by atoms with Crippen LogP contribution in [0.3, 0.4) is 0 Å². The normalized spacial score (nSPS) is 11.0. The lowest BCUT2D eigenvalue weighted by atomic mass is 9.95. The number of hydrogen-bond acceptors (Lipinski definition) is 1. The summed E-state index contributed by atoms with van der Waals surface area (Å²) in [5.41, 5.74) is 0. The van der Waals surface area contributed by atoms with Crippen molar-refractivity contribution in [1.82, 2.24) is 0 Å². The minimum Gasteiger partial charge on any atom is -0.431 e. The molecule has 0 saturated heterocycles. The third-order valence-electron chi connectivity index (χ3n) is 3.39. The van der Waals surface area contributed by atoms with Crippen molar-refractivity contribution in [2.75, 3.05) is 7.11 Å². The summed E-state index contributed by atoms with van der Waals surface area (Å²) in [5.74, 6) is 0. The Hall–Kier alpha value is -1.90. The number of benzene rings is 4. The van der Waals surface area contributed by atoms with Crippen LogP contribution in [0.2, 0.25) is 0 Å². The van der Waals surface area contributed by atoms with Crippen LogP contribution >= 0.6 is 0 Å². The van der Waals surface area contributed by atoms with Gasteiger partial charge in [0.2, 0.25) is 0 Å². The summed E-state index contributed by atoms with van der Waals surface area (Å²) in [6.07, 6.45) is 0. The highest BCUT2D eigenvalue weighted by Gasteiger charge is 2.05. The van der Waals surface area contributed by atoms with Gasteiger partial charge < -0.3 is 4.43 Å². The third-order valence-corrected chi connectivity index (χ3v) is 3.39. The van der Waals surface area contributed by atoms with E-state index in [4.69, 9.17) is 0 Å². The van der Waals surface area contributed by atoms with Crippen molar-refractivity contribution in [2.24, 2.45) is 0 Å². The predicted molar refractivity (Wildman–Crippen MR) is 87.1 cm³/mol. The largest absolute Gasteiger partial charge is 0.431 e. The maximum atomic E-state index is 4.39. The second-order valence-electron chi connectivity index (χ2n) is 4.70. The fourth-order valence-corrected chi connectivity index (χ4v) is 2.67. The Kier molecular flexibility index (Phi) is 3.19. The monoisotopic (exact) mass is 264 g/mol. The Morgan fingerprint density at radius 1 is 0.632 bits per heavy atom. The molecule has 0 atom stereocenters. The summed E-state index contributed by atoms with van der Waals surface area (Å²) in [5, 5.41) is 8.14. The molecule has 19 heavy (non-hydrogen) atoms. The average Bonchev–Trinajstić information content (AvgIpc) is 2.46. The number of rotatable bonds is 0. The SMILES string of the molecule is CO[SiH3].c1cc2ccc3cccc4ccc(c1)c2c34. The van der Waals surface area contributed by atoms with E-state index in [2.05, 4.69) is 65.1 Å². The minimum atomic E-state index is 0.869. The standard InChI is InChI=1S/C16H10.CH6OSi/c1-3-11-7-9-13-5-2-6-14-10-8-12(4-1)15(11)16(13)14;1-2-3/h1-10H;1,3H3. The van der Waals surface area contributed by atoms with Gasteiger partial charge in [0.15, 0.2) is 0 Å². The van der Waals surface area contributed by atoms with Crippen LogP contribution in [0.1, 0.15) is 0 Å². The molecule has 0 fully saturated rings. The van der Waals surface area contributed by atoms with Crippen molar-refractivity contribution in [3.05, 3.63) is 60.7 Å². The van der Waals surface area contributed by atoms with Gasteiger partial charge in [0.1, 0.15) is 10.5 Å². The van der Waals surface area contributed by atoms with Crippen molar-refractivity contribution in [2.45, 2.75) is 0 Å². The topological polar surface area (TPSA) is 9.23 Å². The van der Waals surface area contributed by atoms with Gasteiger partial charge in [0, 0.05) is 7.11 Å². The van der Waals surface area contributed by atoms with E-state index in [0.29, 0.717) is 0 Å². The van der Waals surface area contributed by atoms with E-state index in [1.54, 1.807) is 7.11 Å². The van der Waals surface area contributed by atoms with Gasteiger partial charge in [-0.15, -0.1) is 0 Å². The third kappa shape index (κ3) is 1.99. The Bertz CT molecular complexity index is 693. The highest BCUT2D eigenvalue weighted by atomic mass is 28.2. The Labute approximate surface area is 115 Å². The summed E-state index contributed by atoms with van der Waals surface area (Å²) < 4.78 is 4.39. The van der Waals surface area contributed by atoms with E-state index in [1.165, 1.54) is 32.3 Å². The molecule has 0 aliphatic heterocycles.